The predicted molar refractivity (Wildman–Crippen MR) is 106 cm³/mol. The van der Waals surface area contributed by atoms with Gasteiger partial charge in [0.2, 0.25) is 0 Å². The molecule has 0 aliphatic heterocycles. The number of hydrazone groups is 1. The van der Waals surface area contributed by atoms with Gasteiger partial charge in [-0.05, 0) is 37.3 Å². The number of rotatable bonds is 5. The van der Waals surface area contributed by atoms with Crippen LogP contribution in [0, 0.1) is 6.92 Å². The lowest BCUT2D eigenvalue weighted by Crippen LogP contribution is -2.17. The van der Waals surface area contributed by atoms with Crippen LogP contribution < -0.4 is 5.43 Å². The van der Waals surface area contributed by atoms with Crippen molar-refractivity contribution in [3.63, 3.8) is 0 Å². The molecule has 126 valence electrons. The minimum Gasteiger partial charge on any atom is -0.340 e. The van der Waals surface area contributed by atoms with Gasteiger partial charge in [-0.25, -0.2) is 5.43 Å². The molecule has 1 N–H and O–H groups in total. The summed E-state index contributed by atoms with van der Waals surface area (Å²) in [4.78, 5) is 12.1. The highest BCUT2D eigenvalue weighted by Crippen LogP contribution is 2.24. The summed E-state index contributed by atoms with van der Waals surface area (Å²) in [6.07, 6.45) is 3.57. The fraction of sp³-hybridized carbons (Fsp3) is 0.100. The molecule has 0 unspecified atom stereocenters. The van der Waals surface area contributed by atoms with Gasteiger partial charge < -0.3 is 4.57 Å². The number of halogens is 1. The number of benzene rings is 2. The number of amides is 1. The Kier molecular flexibility index (Phi) is 5.14. The number of hydrogen-bond acceptors (Lipinski definition) is 2. The summed E-state index contributed by atoms with van der Waals surface area (Å²) >= 11 is 3.35. The van der Waals surface area contributed by atoms with E-state index in [2.05, 4.69) is 49.7 Å². The fourth-order valence-electron chi connectivity index (χ4n) is 2.81. The van der Waals surface area contributed by atoms with Crippen LogP contribution >= 0.6 is 15.9 Å². The Morgan fingerprint density at radius 1 is 1.24 bits per heavy atom. The second-order valence-electron chi connectivity index (χ2n) is 5.62. The van der Waals surface area contributed by atoms with Crippen LogP contribution in [0.2, 0.25) is 0 Å². The molecule has 3 aromatic rings. The molecule has 0 saturated heterocycles. The molecule has 0 atom stereocenters. The minimum absolute atomic E-state index is 0.240. The van der Waals surface area contributed by atoms with Crippen molar-refractivity contribution in [1.82, 2.24) is 9.99 Å². The monoisotopic (exact) mass is 395 g/mol. The number of carbonyl (C=O) groups is 1. The first kappa shape index (κ1) is 17.2. The van der Waals surface area contributed by atoms with E-state index in [1.807, 2.05) is 37.3 Å². The van der Waals surface area contributed by atoms with E-state index in [-0.39, 0.29) is 5.91 Å². The Labute approximate surface area is 155 Å². The van der Waals surface area contributed by atoms with Crippen LogP contribution in [0.5, 0.6) is 0 Å². The summed E-state index contributed by atoms with van der Waals surface area (Å²) in [5.74, 6) is -0.240. The van der Waals surface area contributed by atoms with Crippen LogP contribution in [0.3, 0.4) is 0 Å². The van der Waals surface area contributed by atoms with Gasteiger partial charge in [0.05, 0.1) is 6.21 Å². The molecule has 3 rings (SSSR count). The van der Waals surface area contributed by atoms with E-state index in [1.165, 1.54) is 0 Å². The smallest absolute Gasteiger partial charge is 0.271 e. The molecule has 0 aliphatic carbocycles. The van der Waals surface area contributed by atoms with Gasteiger partial charge in [0, 0.05) is 38.7 Å². The van der Waals surface area contributed by atoms with E-state index in [0.717, 1.165) is 33.2 Å². The standard InChI is InChI=1S/C20H18BrN3O/c1-3-12-24-14(2)18(17-6-4-5-7-19(17)24)13-22-23-20(25)15-8-10-16(21)11-9-15/h3-11,13H,1,12H2,2H3,(H,23,25)/b22-13-. The summed E-state index contributed by atoms with van der Waals surface area (Å²) in [6, 6.07) is 15.3. The topological polar surface area (TPSA) is 46.4 Å². The molecule has 2 aromatic carbocycles. The first-order valence-electron chi connectivity index (χ1n) is 7.89. The van der Waals surface area contributed by atoms with Crippen molar-refractivity contribution >= 4 is 39.0 Å². The van der Waals surface area contributed by atoms with Crippen LogP contribution in [0.15, 0.2) is 70.8 Å². The van der Waals surface area contributed by atoms with E-state index < -0.39 is 0 Å². The average molecular weight is 396 g/mol. The zero-order valence-corrected chi connectivity index (χ0v) is 15.5. The zero-order valence-electron chi connectivity index (χ0n) is 13.9. The molecule has 0 saturated carbocycles. The third kappa shape index (κ3) is 3.56. The summed E-state index contributed by atoms with van der Waals surface area (Å²) in [5.41, 5.74) is 6.35. The van der Waals surface area contributed by atoms with Gasteiger partial charge in [0.1, 0.15) is 0 Å². The maximum absolute atomic E-state index is 12.1. The number of fused-ring (bicyclic) bond motifs is 1. The van der Waals surface area contributed by atoms with Crippen LogP contribution in [-0.4, -0.2) is 16.7 Å². The van der Waals surface area contributed by atoms with Crippen LogP contribution in [0.4, 0.5) is 0 Å². The molecule has 0 aliphatic rings. The first-order valence-corrected chi connectivity index (χ1v) is 8.69. The lowest BCUT2D eigenvalue weighted by Gasteiger charge is -2.04. The van der Waals surface area contributed by atoms with Gasteiger partial charge in [-0.15, -0.1) is 6.58 Å². The molecule has 25 heavy (non-hydrogen) atoms. The molecule has 1 heterocycles. The molecule has 1 amide bonds. The number of allylic oxidation sites excluding steroid dienone is 1. The molecule has 5 heteroatoms. The number of hydrogen-bond donors (Lipinski definition) is 1. The van der Waals surface area contributed by atoms with Gasteiger partial charge in [0.15, 0.2) is 0 Å². The van der Waals surface area contributed by atoms with Crippen LogP contribution in [-0.2, 0) is 6.54 Å². The van der Waals surface area contributed by atoms with Crippen molar-refractivity contribution in [3.8, 4) is 0 Å². The molecule has 0 spiro atoms. The van der Waals surface area contributed by atoms with Crippen molar-refractivity contribution in [2.45, 2.75) is 13.5 Å². The van der Waals surface area contributed by atoms with Gasteiger partial charge >= 0.3 is 0 Å². The SMILES string of the molecule is C=CCn1c(C)c(/C=N\NC(=O)c2ccc(Br)cc2)c2ccccc21. The van der Waals surface area contributed by atoms with E-state index in [0.29, 0.717) is 5.56 Å². The maximum Gasteiger partial charge on any atom is 0.271 e. The Morgan fingerprint density at radius 2 is 1.96 bits per heavy atom. The lowest BCUT2D eigenvalue weighted by molar-refractivity contribution is 0.0955. The predicted octanol–water partition coefficient (Wildman–Crippen LogP) is 4.66. The van der Waals surface area contributed by atoms with E-state index >= 15 is 0 Å². The fourth-order valence-corrected chi connectivity index (χ4v) is 3.07. The Hall–Kier alpha value is -2.66. The average Bonchev–Trinajstić information content (AvgIpc) is 2.88. The molecule has 0 fully saturated rings. The van der Waals surface area contributed by atoms with Crippen LogP contribution in [0.25, 0.3) is 10.9 Å². The number of carbonyl (C=O) groups excluding carboxylic acids is 1. The minimum atomic E-state index is -0.240. The molecule has 0 bridgehead atoms. The zero-order chi connectivity index (χ0) is 17.8. The Bertz CT molecular complexity index is 955. The number of nitrogens with zero attached hydrogens (tertiary/aromatic N) is 2. The highest BCUT2D eigenvalue weighted by molar-refractivity contribution is 9.10. The Balaban J connectivity index is 1.86. The second kappa shape index (κ2) is 7.49. The van der Waals surface area contributed by atoms with E-state index in [1.54, 1.807) is 18.3 Å². The Morgan fingerprint density at radius 3 is 2.68 bits per heavy atom. The third-order valence-electron chi connectivity index (χ3n) is 4.06. The van der Waals surface area contributed by atoms with E-state index in [4.69, 9.17) is 0 Å². The normalized spacial score (nSPS) is 11.1. The van der Waals surface area contributed by atoms with Crippen molar-refractivity contribution < 1.29 is 4.79 Å². The third-order valence-corrected chi connectivity index (χ3v) is 4.59. The summed E-state index contributed by atoms with van der Waals surface area (Å²) < 4.78 is 3.11. The lowest BCUT2D eigenvalue weighted by atomic mass is 10.1. The molecular formula is C20H18BrN3O. The van der Waals surface area contributed by atoms with Crippen molar-refractivity contribution in [2.24, 2.45) is 5.10 Å². The number of para-hydroxylation sites is 1. The summed E-state index contributed by atoms with van der Waals surface area (Å²) in [5, 5.41) is 5.25. The van der Waals surface area contributed by atoms with E-state index in [9.17, 15) is 4.79 Å². The van der Waals surface area contributed by atoms with Gasteiger partial charge in [-0.3, -0.25) is 4.79 Å². The van der Waals surface area contributed by atoms with Gasteiger partial charge in [-0.2, -0.15) is 5.10 Å². The van der Waals surface area contributed by atoms with Crippen molar-refractivity contribution in [3.05, 3.63) is 82.5 Å². The summed E-state index contributed by atoms with van der Waals surface area (Å²) in [7, 11) is 0. The molecule has 4 nitrogen and oxygen atoms in total. The highest BCUT2D eigenvalue weighted by atomic mass is 79.9. The molecule has 0 radical (unpaired) electrons. The van der Waals surface area contributed by atoms with Crippen LogP contribution in [0.1, 0.15) is 21.6 Å². The molecule has 1 aromatic heterocycles. The van der Waals surface area contributed by atoms with Gasteiger partial charge in [0.25, 0.3) is 5.91 Å². The first-order chi connectivity index (χ1) is 12.1. The number of nitrogens with one attached hydrogen (secondary N) is 1. The highest BCUT2D eigenvalue weighted by Gasteiger charge is 2.11. The molecular weight excluding hydrogens is 378 g/mol. The maximum atomic E-state index is 12.1. The van der Waals surface area contributed by atoms with Gasteiger partial charge in [-0.1, -0.05) is 40.2 Å². The quantitative estimate of drug-likeness (QED) is 0.381. The number of aromatic nitrogens is 1. The summed E-state index contributed by atoms with van der Waals surface area (Å²) in [6.45, 7) is 6.59. The van der Waals surface area contributed by atoms with Crippen molar-refractivity contribution in [2.75, 3.05) is 0 Å². The second-order valence-corrected chi connectivity index (χ2v) is 6.54. The van der Waals surface area contributed by atoms with Crippen molar-refractivity contribution in [1.29, 1.82) is 0 Å². The largest absolute Gasteiger partial charge is 0.340 e.